The fraction of sp³-hybridized carbons (Fsp3) is 0.455. The topological polar surface area (TPSA) is 20.2 Å². The lowest BCUT2D eigenvalue weighted by Crippen LogP contribution is -2.04. The second-order valence-corrected chi connectivity index (χ2v) is 5.66. The van der Waals surface area contributed by atoms with Gasteiger partial charge in [-0.1, -0.05) is 18.5 Å². The second kappa shape index (κ2) is 4.32. The average molecular weight is 247 g/mol. The molecule has 1 heterocycles. The van der Waals surface area contributed by atoms with E-state index in [4.69, 9.17) is 11.6 Å². The summed E-state index contributed by atoms with van der Waals surface area (Å²) in [7, 11) is 0. The number of aliphatic hydroxyl groups is 1. The lowest BCUT2D eigenvalue weighted by atomic mass is 10.00. The van der Waals surface area contributed by atoms with Crippen LogP contribution < -0.4 is 0 Å². The number of benzene rings is 1. The summed E-state index contributed by atoms with van der Waals surface area (Å²) < 4.78 is 13.2. The normalized spacial score (nSPS) is 25.9. The average Bonchev–Trinajstić information content (AvgIpc) is 2.27. The highest BCUT2D eigenvalue weighted by atomic mass is 35.5. The Balaban J connectivity index is 2.48. The van der Waals surface area contributed by atoms with Crippen molar-refractivity contribution in [3.8, 4) is 0 Å². The Bertz CT molecular complexity index is 383. The Morgan fingerprint density at radius 1 is 1.53 bits per heavy atom. The molecule has 0 aliphatic carbocycles. The maximum absolute atomic E-state index is 13.2. The van der Waals surface area contributed by atoms with Gasteiger partial charge in [-0.05, 0) is 29.7 Å². The molecule has 0 fully saturated rings. The first-order chi connectivity index (χ1) is 7.08. The van der Waals surface area contributed by atoms with E-state index in [0.717, 1.165) is 11.3 Å². The molecular formula is C11H12ClFOS. The molecule has 1 aromatic carbocycles. The molecule has 15 heavy (non-hydrogen) atoms. The van der Waals surface area contributed by atoms with Gasteiger partial charge in [-0.15, -0.1) is 0 Å². The third-order valence-corrected chi connectivity index (χ3v) is 4.18. The molecule has 0 radical (unpaired) electrons. The molecule has 0 amide bonds. The van der Waals surface area contributed by atoms with Crippen LogP contribution in [-0.2, 0) is 5.75 Å². The molecule has 1 aliphatic heterocycles. The highest BCUT2D eigenvalue weighted by Crippen LogP contribution is 2.38. The molecule has 0 spiro atoms. The minimum absolute atomic E-state index is 0.367. The van der Waals surface area contributed by atoms with Crippen molar-refractivity contribution in [3.63, 3.8) is 0 Å². The van der Waals surface area contributed by atoms with Gasteiger partial charge in [0.15, 0.2) is 0 Å². The molecule has 1 N–H and O–H groups in total. The Morgan fingerprint density at radius 3 is 3.00 bits per heavy atom. The van der Waals surface area contributed by atoms with Crippen LogP contribution in [0.3, 0.4) is 0 Å². The molecule has 0 bridgehead atoms. The van der Waals surface area contributed by atoms with Crippen LogP contribution in [0.15, 0.2) is 12.1 Å². The summed E-state index contributed by atoms with van der Waals surface area (Å²) in [5.74, 6) is 0.365. The lowest BCUT2D eigenvalue weighted by Gasteiger charge is -2.13. The molecule has 82 valence electrons. The molecule has 1 nitrogen and oxygen atoms in total. The predicted octanol–water partition coefficient (Wildman–Crippen LogP) is 3.54. The molecule has 1 unspecified atom stereocenters. The van der Waals surface area contributed by atoms with Crippen molar-refractivity contribution in [2.75, 3.05) is 0 Å². The van der Waals surface area contributed by atoms with Crippen LogP contribution in [0.2, 0.25) is 5.02 Å². The van der Waals surface area contributed by atoms with Crippen LogP contribution in [0, 0.1) is 5.82 Å². The van der Waals surface area contributed by atoms with E-state index in [1.165, 1.54) is 12.1 Å². The number of thioether (sulfide) groups is 1. The van der Waals surface area contributed by atoms with Gasteiger partial charge < -0.3 is 5.11 Å². The Morgan fingerprint density at radius 2 is 2.27 bits per heavy atom. The molecule has 0 saturated heterocycles. The van der Waals surface area contributed by atoms with Crippen LogP contribution in [0.1, 0.15) is 30.6 Å². The van der Waals surface area contributed by atoms with Crippen molar-refractivity contribution in [2.24, 2.45) is 0 Å². The summed E-state index contributed by atoms with van der Waals surface area (Å²) >= 11 is 7.71. The number of rotatable bonds is 0. The molecule has 4 heteroatoms. The summed E-state index contributed by atoms with van der Waals surface area (Å²) in [4.78, 5) is 0. The minimum atomic E-state index is -0.599. The van der Waals surface area contributed by atoms with Crippen LogP contribution in [0.4, 0.5) is 4.39 Å². The van der Waals surface area contributed by atoms with Crippen molar-refractivity contribution in [3.05, 3.63) is 34.1 Å². The van der Waals surface area contributed by atoms with Gasteiger partial charge in [-0.3, -0.25) is 0 Å². The van der Waals surface area contributed by atoms with Crippen molar-refractivity contribution in [1.82, 2.24) is 0 Å². The van der Waals surface area contributed by atoms with E-state index >= 15 is 0 Å². The van der Waals surface area contributed by atoms with Gasteiger partial charge in [-0.25, -0.2) is 4.39 Å². The Hall–Kier alpha value is -0.250. The summed E-state index contributed by atoms with van der Waals surface area (Å²) in [5, 5.41) is 10.7. The smallest absolute Gasteiger partial charge is 0.125 e. The predicted molar refractivity (Wildman–Crippen MR) is 61.7 cm³/mol. The maximum Gasteiger partial charge on any atom is 0.125 e. The van der Waals surface area contributed by atoms with Crippen LogP contribution in [-0.4, -0.2) is 10.4 Å². The van der Waals surface area contributed by atoms with Gasteiger partial charge in [0.1, 0.15) is 5.82 Å². The third-order valence-electron chi connectivity index (χ3n) is 2.62. The SMILES string of the molecule is CC1C[C@H](O)c2cc(F)cc(Cl)c2CS1. The zero-order chi connectivity index (χ0) is 11.0. The van der Waals surface area contributed by atoms with Gasteiger partial charge in [-0.2, -0.15) is 11.8 Å². The molecule has 2 atom stereocenters. The Kier molecular flexibility index (Phi) is 3.24. The molecule has 0 saturated carbocycles. The highest BCUT2D eigenvalue weighted by Gasteiger charge is 2.23. The van der Waals surface area contributed by atoms with Crippen molar-refractivity contribution < 1.29 is 9.50 Å². The molecular weight excluding hydrogens is 235 g/mol. The summed E-state index contributed by atoms with van der Waals surface area (Å²) in [6.45, 7) is 2.06. The zero-order valence-electron chi connectivity index (χ0n) is 8.34. The third kappa shape index (κ3) is 2.30. The van der Waals surface area contributed by atoms with Crippen molar-refractivity contribution in [2.45, 2.75) is 30.5 Å². The van der Waals surface area contributed by atoms with E-state index in [0.29, 0.717) is 22.3 Å². The van der Waals surface area contributed by atoms with E-state index in [1.807, 2.05) is 0 Å². The fourth-order valence-electron chi connectivity index (χ4n) is 1.81. The number of halogens is 2. The summed E-state index contributed by atoms with van der Waals surface area (Å²) in [5.41, 5.74) is 1.52. The van der Waals surface area contributed by atoms with E-state index in [-0.39, 0.29) is 5.82 Å². The first kappa shape index (κ1) is 11.2. The van der Waals surface area contributed by atoms with Gasteiger partial charge in [0.2, 0.25) is 0 Å². The van der Waals surface area contributed by atoms with Crippen LogP contribution >= 0.6 is 23.4 Å². The fourth-order valence-corrected chi connectivity index (χ4v) is 3.26. The highest BCUT2D eigenvalue weighted by molar-refractivity contribution is 7.99. The quantitative estimate of drug-likeness (QED) is 0.756. The van der Waals surface area contributed by atoms with E-state index in [9.17, 15) is 9.50 Å². The number of fused-ring (bicyclic) bond motifs is 1. The molecule has 1 aromatic rings. The van der Waals surface area contributed by atoms with Crippen LogP contribution in [0.25, 0.3) is 0 Å². The largest absolute Gasteiger partial charge is 0.388 e. The van der Waals surface area contributed by atoms with Crippen LogP contribution in [0.5, 0.6) is 0 Å². The molecule has 2 rings (SSSR count). The van der Waals surface area contributed by atoms with E-state index in [2.05, 4.69) is 6.92 Å². The van der Waals surface area contributed by atoms with E-state index in [1.54, 1.807) is 11.8 Å². The minimum Gasteiger partial charge on any atom is -0.388 e. The number of aliphatic hydroxyl groups excluding tert-OH is 1. The second-order valence-electron chi connectivity index (χ2n) is 3.83. The maximum atomic E-state index is 13.2. The lowest BCUT2D eigenvalue weighted by molar-refractivity contribution is 0.168. The van der Waals surface area contributed by atoms with E-state index < -0.39 is 6.10 Å². The monoisotopic (exact) mass is 246 g/mol. The van der Waals surface area contributed by atoms with Crippen molar-refractivity contribution >= 4 is 23.4 Å². The summed E-state index contributed by atoms with van der Waals surface area (Å²) in [6.07, 6.45) is 0.0514. The zero-order valence-corrected chi connectivity index (χ0v) is 9.91. The standard InChI is InChI=1S/C11H12ClFOS/c1-6-2-11(14)8-3-7(13)4-10(12)9(8)5-15-6/h3-4,6,11,14H,2,5H2,1H3/t6?,11-/m0/s1. The van der Waals surface area contributed by atoms with Crippen molar-refractivity contribution in [1.29, 1.82) is 0 Å². The first-order valence-electron chi connectivity index (χ1n) is 4.85. The van der Waals surface area contributed by atoms with Gasteiger partial charge >= 0.3 is 0 Å². The Labute approximate surface area is 97.6 Å². The number of hydrogen-bond donors (Lipinski definition) is 1. The van der Waals surface area contributed by atoms with Gasteiger partial charge in [0, 0.05) is 16.0 Å². The molecule has 0 aromatic heterocycles. The van der Waals surface area contributed by atoms with Gasteiger partial charge in [0.05, 0.1) is 6.10 Å². The molecule has 1 aliphatic rings. The number of hydrogen-bond acceptors (Lipinski definition) is 2. The summed E-state index contributed by atoms with van der Waals surface area (Å²) in [6, 6.07) is 2.70. The first-order valence-corrected chi connectivity index (χ1v) is 6.28. The van der Waals surface area contributed by atoms with Gasteiger partial charge in [0.25, 0.3) is 0 Å².